The number of rotatable bonds is 4. The quantitative estimate of drug-likeness (QED) is 0.724. The largest absolute Gasteiger partial charge is 0.331 e. The van der Waals surface area contributed by atoms with Gasteiger partial charge in [0.25, 0.3) is 15.9 Å². The molecule has 1 amide bonds. The molecule has 0 aliphatic carbocycles. The molecule has 8 nitrogen and oxygen atoms in total. The fraction of sp³-hybridized carbons (Fsp3) is 0.333. The molecule has 150 valence electrons. The van der Waals surface area contributed by atoms with Crippen LogP contribution in [0, 0.1) is 0 Å². The third kappa shape index (κ3) is 4.02. The van der Waals surface area contributed by atoms with Gasteiger partial charge in [-0.25, -0.2) is 16.8 Å². The number of nitrogens with zero attached hydrogens (tertiary/aromatic N) is 3. The average molecular weight is 424 g/mol. The van der Waals surface area contributed by atoms with Gasteiger partial charge in [0.15, 0.2) is 15.7 Å². The lowest BCUT2D eigenvalue weighted by molar-refractivity contribution is -0.115. The van der Waals surface area contributed by atoms with Crippen molar-refractivity contribution in [2.24, 2.45) is 4.40 Å². The highest BCUT2D eigenvalue weighted by Crippen LogP contribution is 2.25. The molecule has 28 heavy (non-hydrogen) atoms. The Balaban J connectivity index is 2.01. The molecule has 2 heterocycles. The maximum atomic E-state index is 13.3. The van der Waals surface area contributed by atoms with Gasteiger partial charge in [-0.2, -0.15) is 0 Å². The van der Waals surface area contributed by atoms with E-state index in [1.807, 2.05) is 13.8 Å². The molecule has 0 bridgehead atoms. The topological polar surface area (TPSA) is 104 Å². The highest BCUT2D eigenvalue weighted by atomic mass is 32.2. The number of sulfone groups is 1. The summed E-state index contributed by atoms with van der Waals surface area (Å²) in [6.07, 6.45) is 6.02. The number of carbonyl (C=O) groups excluding carboxylic acids is 1. The van der Waals surface area contributed by atoms with Gasteiger partial charge in [-0.15, -0.1) is 4.40 Å². The molecular formula is C18H21N3O5S2. The van der Waals surface area contributed by atoms with E-state index in [-0.39, 0.29) is 34.6 Å². The SMILES string of the molecule is CC(C)N(C(=O)C1=CC=CN2CCS(=O)(=O)N=C12)c1ccc(S(C)(=O)=O)cc1. The van der Waals surface area contributed by atoms with Crippen molar-refractivity contribution >= 4 is 37.3 Å². The van der Waals surface area contributed by atoms with E-state index in [4.69, 9.17) is 0 Å². The summed E-state index contributed by atoms with van der Waals surface area (Å²) >= 11 is 0. The van der Waals surface area contributed by atoms with E-state index in [1.54, 1.807) is 35.4 Å². The molecule has 0 fully saturated rings. The first-order chi connectivity index (χ1) is 13.0. The Kier molecular flexibility index (Phi) is 5.20. The van der Waals surface area contributed by atoms with Crippen molar-refractivity contribution in [2.45, 2.75) is 24.8 Å². The minimum Gasteiger partial charge on any atom is -0.331 e. The van der Waals surface area contributed by atoms with Crippen molar-refractivity contribution in [3.05, 3.63) is 48.2 Å². The molecule has 0 aromatic heterocycles. The van der Waals surface area contributed by atoms with Gasteiger partial charge in [-0.3, -0.25) is 4.79 Å². The smallest absolute Gasteiger partial charge is 0.262 e. The predicted molar refractivity (Wildman–Crippen MR) is 107 cm³/mol. The number of fused-ring (bicyclic) bond motifs is 1. The first kappa shape index (κ1) is 20.3. The molecule has 0 atom stereocenters. The molecule has 0 radical (unpaired) electrons. The molecule has 0 N–H and O–H groups in total. The molecular weight excluding hydrogens is 402 g/mol. The fourth-order valence-electron chi connectivity index (χ4n) is 3.02. The second-order valence-electron chi connectivity index (χ2n) is 6.85. The highest BCUT2D eigenvalue weighted by molar-refractivity contribution is 7.90. The van der Waals surface area contributed by atoms with E-state index in [0.717, 1.165) is 6.26 Å². The number of carbonyl (C=O) groups is 1. The Labute approximate surface area is 164 Å². The Hall–Kier alpha value is -2.46. The zero-order valence-corrected chi connectivity index (χ0v) is 17.4. The number of allylic oxidation sites excluding steroid dienone is 2. The van der Waals surface area contributed by atoms with Gasteiger partial charge in [0.1, 0.15) is 0 Å². The molecule has 1 aromatic carbocycles. The van der Waals surface area contributed by atoms with Crippen LogP contribution in [0.4, 0.5) is 5.69 Å². The molecule has 0 unspecified atom stereocenters. The third-order valence-electron chi connectivity index (χ3n) is 4.37. The normalized spacial score (nSPS) is 18.4. The van der Waals surface area contributed by atoms with Crippen LogP contribution in [-0.4, -0.2) is 58.1 Å². The molecule has 2 aliphatic heterocycles. The summed E-state index contributed by atoms with van der Waals surface area (Å²) in [6, 6.07) is 5.75. The van der Waals surface area contributed by atoms with Crippen LogP contribution in [0.1, 0.15) is 13.8 Å². The second kappa shape index (κ2) is 7.17. The number of anilines is 1. The fourth-order valence-corrected chi connectivity index (χ4v) is 4.63. The van der Waals surface area contributed by atoms with Gasteiger partial charge < -0.3 is 9.80 Å². The Morgan fingerprint density at radius 3 is 2.43 bits per heavy atom. The lowest BCUT2D eigenvalue weighted by Crippen LogP contribution is -2.45. The Morgan fingerprint density at radius 2 is 1.86 bits per heavy atom. The van der Waals surface area contributed by atoms with Gasteiger partial charge in [0.2, 0.25) is 0 Å². The lowest BCUT2D eigenvalue weighted by Gasteiger charge is -2.33. The maximum absolute atomic E-state index is 13.3. The summed E-state index contributed by atoms with van der Waals surface area (Å²) in [7, 11) is -6.97. The van der Waals surface area contributed by atoms with E-state index in [9.17, 15) is 21.6 Å². The highest BCUT2D eigenvalue weighted by Gasteiger charge is 2.33. The summed E-state index contributed by atoms with van der Waals surface area (Å²) < 4.78 is 51.0. The zero-order chi connectivity index (χ0) is 20.7. The van der Waals surface area contributed by atoms with Gasteiger partial charge in [-0.05, 0) is 50.3 Å². The van der Waals surface area contributed by atoms with Crippen LogP contribution < -0.4 is 4.90 Å². The van der Waals surface area contributed by atoms with Crippen LogP contribution in [0.3, 0.4) is 0 Å². The van der Waals surface area contributed by atoms with Crippen molar-refractivity contribution in [3.63, 3.8) is 0 Å². The molecule has 0 saturated carbocycles. The Morgan fingerprint density at radius 1 is 1.21 bits per heavy atom. The van der Waals surface area contributed by atoms with Crippen LogP contribution in [-0.2, 0) is 24.7 Å². The van der Waals surface area contributed by atoms with Crippen LogP contribution in [0.15, 0.2) is 57.5 Å². The van der Waals surface area contributed by atoms with Gasteiger partial charge in [-0.1, -0.05) is 0 Å². The average Bonchev–Trinajstić information content (AvgIpc) is 2.60. The third-order valence-corrected chi connectivity index (χ3v) is 6.64. The molecule has 0 saturated heterocycles. The standard InChI is InChI=1S/C18H21N3O5S2/c1-13(2)21(14-6-8-15(9-7-14)27(3,23)24)18(22)16-5-4-10-20-11-12-28(25,26)19-17(16)20/h4-10,13H,11-12H2,1-3H3. The van der Waals surface area contributed by atoms with Gasteiger partial charge in [0, 0.05) is 30.7 Å². The molecule has 0 spiro atoms. The van der Waals surface area contributed by atoms with Crippen molar-refractivity contribution < 1.29 is 21.6 Å². The molecule has 3 rings (SSSR count). The first-order valence-electron chi connectivity index (χ1n) is 8.61. The number of amides is 1. The number of hydrogen-bond donors (Lipinski definition) is 0. The van der Waals surface area contributed by atoms with Crippen molar-refractivity contribution in [1.29, 1.82) is 0 Å². The van der Waals surface area contributed by atoms with Gasteiger partial charge in [0.05, 0.1) is 16.2 Å². The summed E-state index contributed by atoms with van der Waals surface area (Å²) in [5.41, 5.74) is 0.681. The monoisotopic (exact) mass is 423 g/mol. The molecule has 1 aromatic rings. The number of amidine groups is 1. The number of benzene rings is 1. The zero-order valence-electron chi connectivity index (χ0n) is 15.7. The summed E-state index contributed by atoms with van der Waals surface area (Å²) in [6.45, 7) is 3.87. The maximum Gasteiger partial charge on any atom is 0.262 e. The van der Waals surface area contributed by atoms with Crippen LogP contribution >= 0.6 is 0 Å². The van der Waals surface area contributed by atoms with E-state index < -0.39 is 25.8 Å². The Bertz CT molecular complexity index is 1100. The summed E-state index contributed by atoms with van der Waals surface area (Å²) in [5, 5.41) is 0. The first-order valence-corrected chi connectivity index (χ1v) is 12.1. The van der Waals surface area contributed by atoms with Crippen molar-refractivity contribution in [1.82, 2.24) is 4.90 Å². The second-order valence-corrected chi connectivity index (χ2v) is 10.6. The summed E-state index contributed by atoms with van der Waals surface area (Å²) in [4.78, 5) is 16.6. The van der Waals surface area contributed by atoms with Crippen LogP contribution in [0.25, 0.3) is 0 Å². The minimum absolute atomic E-state index is 0.108. The van der Waals surface area contributed by atoms with Crippen molar-refractivity contribution in [2.75, 3.05) is 23.5 Å². The van der Waals surface area contributed by atoms with E-state index >= 15 is 0 Å². The lowest BCUT2D eigenvalue weighted by atomic mass is 10.1. The number of hydrogen-bond acceptors (Lipinski definition) is 6. The van der Waals surface area contributed by atoms with Crippen molar-refractivity contribution in [3.8, 4) is 0 Å². The minimum atomic E-state index is -3.62. The van der Waals surface area contributed by atoms with Gasteiger partial charge >= 0.3 is 0 Å². The van der Waals surface area contributed by atoms with Crippen LogP contribution in [0.5, 0.6) is 0 Å². The summed E-state index contributed by atoms with van der Waals surface area (Å²) in [5.74, 6) is -0.409. The van der Waals surface area contributed by atoms with E-state index in [2.05, 4.69) is 4.40 Å². The predicted octanol–water partition coefficient (Wildman–Crippen LogP) is 1.33. The molecule has 2 aliphatic rings. The number of sulfonamides is 1. The van der Waals surface area contributed by atoms with E-state index in [1.165, 1.54) is 17.0 Å². The van der Waals surface area contributed by atoms with E-state index in [0.29, 0.717) is 5.69 Å². The molecule has 10 heteroatoms. The van der Waals surface area contributed by atoms with Crippen LogP contribution in [0.2, 0.25) is 0 Å².